The van der Waals surface area contributed by atoms with Crippen LogP contribution in [0, 0.1) is 0 Å². The number of hydrogen-bond donors (Lipinski definition) is 1. The minimum atomic E-state index is -0.383. The van der Waals surface area contributed by atoms with Gasteiger partial charge in [-0.25, -0.2) is 4.98 Å². The van der Waals surface area contributed by atoms with Crippen LogP contribution in [0.4, 0.5) is 0 Å². The number of fused-ring (bicyclic) bond motifs is 1. The van der Waals surface area contributed by atoms with Crippen LogP contribution in [0.3, 0.4) is 0 Å². The highest BCUT2D eigenvalue weighted by Gasteiger charge is 2.26. The van der Waals surface area contributed by atoms with Gasteiger partial charge in [-0.15, -0.1) is 0 Å². The predicted molar refractivity (Wildman–Crippen MR) is 109 cm³/mol. The van der Waals surface area contributed by atoms with Crippen LogP contribution in [0.5, 0.6) is 0 Å². The Morgan fingerprint density at radius 2 is 2.07 bits per heavy atom. The van der Waals surface area contributed by atoms with Gasteiger partial charge in [-0.2, -0.15) is 0 Å². The molecule has 2 atom stereocenters. The molecule has 1 aliphatic heterocycles. The van der Waals surface area contributed by atoms with Crippen molar-refractivity contribution in [1.29, 1.82) is 0 Å². The molecule has 0 saturated carbocycles. The van der Waals surface area contributed by atoms with E-state index in [1.165, 1.54) is 12.7 Å². The van der Waals surface area contributed by atoms with Crippen molar-refractivity contribution >= 4 is 22.8 Å². The second-order valence-electron chi connectivity index (χ2n) is 7.65. The van der Waals surface area contributed by atoms with Gasteiger partial charge in [0.05, 0.1) is 23.3 Å². The maximum absolute atomic E-state index is 13.1. The molecule has 3 heterocycles. The summed E-state index contributed by atoms with van der Waals surface area (Å²) in [4.78, 5) is 32.2. The number of amides is 2. The third kappa shape index (κ3) is 3.90. The quantitative estimate of drug-likeness (QED) is 0.718. The molecule has 1 aromatic carbocycles. The van der Waals surface area contributed by atoms with E-state index in [1.807, 2.05) is 40.7 Å². The Bertz CT molecular complexity index is 1010. The third-order valence-electron chi connectivity index (χ3n) is 5.58. The highest BCUT2D eigenvalue weighted by Crippen LogP contribution is 2.23. The first-order valence-corrected chi connectivity index (χ1v) is 10.1. The Labute approximate surface area is 169 Å². The van der Waals surface area contributed by atoms with Gasteiger partial charge in [0.1, 0.15) is 12.4 Å². The molecule has 1 fully saturated rings. The van der Waals surface area contributed by atoms with Crippen LogP contribution < -0.4 is 5.32 Å². The topological polar surface area (TPSA) is 80.4 Å². The van der Waals surface area contributed by atoms with Gasteiger partial charge in [0.25, 0.3) is 5.91 Å². The number of furan rings is 1. The molecule has 7 nitrogen and oxygen atoms in total. The summed E-state index contributed by atoms with van der Waals surface area (Å²) in [7, 11) is 0. The number of piperidine rings is 1. The minimum absolute atomic E-state index is 0.0890. The summed E-state index contributed by atoms with van der Waals surface area (Å²) in [6.45, 7) is 4.98. The molecule has 7 heteroatoms. The number of rotatable bonds is 5. The van der Waals surface area contributed by atoms with Gasteiger partial charge in [0.15, 0.2) is 5.76 Å². The van der Waals surface area contributed by atoms with Gasteiger partial charge >= 0.3 is 0 Å². The zero-order valence-corrected chi connectivity index (χ0v) is 16.8. The van der Waals surface area contributed by atoms with E-state index in [0.29, 0.717) is 5.82 Å². The van der Waals surface area contributed by atoms with Crippen LogP contribution in [0.2, 0.25) is 0 Å². The Kier molecular flexibility index (Phi) is 5.38. The summed E-state index contributed by atoms with van der Waals surface area (Å²) in [5, 5.41) is 2.92. The number of likely N-dealkylation sites (tertiary alicyclic amines) is 1. The molecule has 2 aromatic heterocycles. The molecule has 1 aliphatic rings. The third-order valence-corrected chi connectivity index (χ3v) is 5.58. The summed E-state index contributed by atoms with van der Waals surface area (Å²) in [6.07, 6.45) is 4.72. The molecule has 2 unspecified atom stereocenters. The summed E-state index contributed by atoms with van der Waals surface area (Å²) in [5.41, 5.74) is 1.70. The van der Waals surface area contributed by atoms with Crippen molar-refractivity contribution in [1.82, 2.24) is 19.8 Å². The molecule has 0 aliphatic carbocycles. The number of imidazole rings is 1. The standard InChI is InChI=1S/C22H26N4O3/c1-15-8-5-6-12-25(15)20(27)14-26-18-10-4-3-9-17(18)24-21(26)16(2)23-22(28)19-11-7-13-29-19/h3-4,7,9-11,13,15-16H,5-6,8,12,14H2,1-2H3,(H,23,28). The Morgan fingerprint density at radius 1 is 1.24 bits per heavy atom. The first-order valence-electron chi connectivity index (χ1n) is 10.1. The van der Waals surface area contributed by atoms with E-state index in [4.69, 9.17) is 9.40 Å². The SMILES string of the molecule is CC(NC(=O)c1ccco1)c1nc2ccccc2n1CC(=O)N1CCCCC1C. The number of carbonyl (C=O) groups excluding carboxylic acids is 2. The second kappa shape index (κ2) is 8.11. The van der Waals surface area contributed by atoms with E-state index < -0.39 is 0 Å². The van der Waals surface area contributed by atoms with Crippen LogP contribution in [-0.4, -0.2) is 38.9 Å². The van der Waals surface area contributed by atoms with Crippen molar-refractivity contribution in [3.05, 3.63) is 54.2 Å². The Balaban J connectivity index is 1.62. The molecule has 0 radical (unpaired) electrons. The first kappa shape index (κ1) is 19.2. The highest BCUT2D eigenvalue weighted by atomic mass is 16.3. The number of carbonyl (C=O) groups is 2. The van der Waals surface area contributed by atoms with Crippen LogP contribution in [0.1, 0.15) is 55.5 Å². The van der Waals surface area contributed by atoms with Crippen molar-refractivity contribution in [2.45, 2.75) is 51.7 Å². The minimum Gasteiger partial charge on any atom is -0.459 e. The molecule has 1 saturated heterocycles. The van der Waals surface area contributed by atoms with E-state index in [1.54, 1.807) is 12.1 Å². The predicted octanol–water partition coefficient (Wildman–Crippen LogP) is 3.52. The van der Waals surface area contributed by atoms with E-state index >= 15 is 0 Å². The van der Waals surface area contributed by atoms with Gasteiger partial charge in [0, 0.05) is 12.6 Å². The van der Waals surface area contributed by atoms with Gasteiger partial charge < -0.3 is 19.2 Å². The van der Waals surface area contributed by atoms with Crippen LogP contribution in [-0.2, 0) is 11.3 Å². The molecule has 4 rings (SSSR count). The average Bonchev–Trinajstić information content (AvgIpc) is 3.37. The Morgan fingerprint density at radius 3 is 2.83 bits per heavy atom. The van der Waals surface area contributed by atoms with Crippen LogP contribution in [0.15, 0.2) is 47.1 Å². The van der Waals surface area contributed by atoms with E-state index in [0.717, 1.165) is 30.4 Å². The maximum Gasteiger partial charge on any atom is 0.287 e. The Hall–Kier alpha value is -3.09. The normalized spacial score (nSPS) is 18.0. The lowest BCUT2D eigenvalue weighted by Gasteiger charge is -2.33. The fourth-order valence-corrected chi connectivity index (χ4v) is 4.03. The fraction of sp³-hybridized carbons (Fsp3) is 0.409. The summed E-state index contributed by atoms with van der Waals surface area (Å²) in [5.74, 6) is 0.685. The molecule has 0 spiro atoms. The van der Waals surface area contributed by atoms with Crippen LogP contribution in [0.25, 0.3) is 11.0 Å². The molecule has 29 heavy (non-hydrogen) atoms. The van der Waals surface area contributed by atoms with Gasteiger partial charge in [-0.3, -0.25) is 9.59 Å². The number of aromatic nitrogens is 2. The highest BCUT2D eigenvalue weighted by molar-refractivity contribution is 5.91. The van der Waals surface area contributed by atoms with Crippen molar-refractivity contribution in [2.75, 3.05) is 6.54 Å². The van der Waals surface area contributed by atoms with Crippen molar-refractivity contribution in [3.8, 4) is 0 Å². The molecule has 3 aromatic rings. The van der Waals surface area contributed by atoms with E-state index in [9.17, 15) is 9.59 Å². The average molecular weight is 394 g/mol. The monoisotopic (exact) mass is 394 g/mol. The number of benzene rings is 1. The summed E-state index contributed by atoms with van der Waals surface area (Å²) >= 11 is 0. The largest absolute Gasteiger partial charge is 0.459 e. The molecule has 152 valence electrons. The molecule has 2 amide bonds. The van der Waals surface area contributed by atoms with Crippen LogP contribution >= 0.6 is 0 Å². The molecule has 0 bridgehead atoms. The van der Waals surface area contributed by atoms with Gasteiger partial charge in [-0.05, 0) is 57.4 Å². The number of hydrogen-bond acceptors (Lipinski definition) is 4. The summed E-state index contributed by atoms with van der Waals surface area (Å²) < 4.78 is 7.10. The number of para-hydroxylation sites is 2. The lowest BCUT2D eigenvalue weighted by atomic mass is 10.0. The van der Waals surface area contributed by atoms with Gasteiger partial charge in [0.2, 0.25) is 5.91 Å². The summed E-state index contributed by atoms with van der Waals surface area (Å²) in [6, 6.07) is 10.9. The fourth-order valence-electron chi connectivity index (χ4n) is 4.03. The van der Waals surface area contributed by atoms with E-state index in [-0.39, 0.29) is 36.2 Å². The zero-order chi connectivity index (χ0) is 20.4. The molecule has 1 N–H and O–H groups in total. The second-order valence-corrected chi connectivity index (χ2v) is 7.65. The van der Waals surface area contributed by atoms with Gasteiger partial charge in [-0.1, -0.05) is 12.1 Å². The smallest absolute Gasteiger partial charge is 0.287 e. The first-order chi connectivity index (χ1) is 14.0. The zero-order valence-electron chi connectivity index (χ0n) is 16.8. The van der Waals surface area contributed by atoms with Crippen molar-refractivity contribution in [3.63, 3.8) is 0 Å². The van der Waals surface area contributed by atoms with E-state index in [2.05, 4.69) is 12.2 Å². The van der Waals surface area contributed by atoms with Crippen molar-refractivity contribution < 1.29 is 14.0 Å². The number of nitrogens with one attached hydrogen (secondary N) is 1. The number of nitrogens with zero attached hydrogens (tertiary/aromatic N) is 3. The maximum atomic E-state index is 13.1. The van der Waals surface area contributed by atoms with Crippen molar-refractivity contribution in [2.24, 2.45) is 0 Å². The molecular formula is C22H26N4O3. The lowest BCUT2D eigenvalue weighted by molar-refractivity contribution is -0.135. The lowest BCUT2D eigenvalue weighted by Crippen LogP contribution is -2.44. The molecular weight excluding hydrogens is 368 g/mol.